The molecular formula is C6H9N3O3. The van der Waals surface area contributed by atoms with Crippen molar-refractivity contribution in [3.8, 4) is 0 Å². The molecule has 0 aliphatic carbocycles. The molecule has 0 saturated carbocycles. The molecule has 12 heavy (non-hydrogen) atoms. The van der Waals surface area contributed by atoms with Crippen LogP contribution in [0.2, 0.25) is 0 Å². The molecule has 66 valence electrons. The van der Waals surface area contributed by atoms with Gasteiger partial charge in [0.2, 0.25) is 5.91 Å². The van der Waals surface area contributed by atoms with Crippen molar-refractivity contribution in [1.29, 1.82) is 0 Å². The normalized spacial score (nSPS) is 6.67. The lowest BCUT2D eigenvalue weighted by atomic mass is 10.6. The maximum absolute atomic E-state index is 9.89. The van der Waals surface area contributed by atoms with Gasteiger partial charge in [-0.3, -0.25) is 9.59 Å². The highest BCUT2D eigenvalue weighted by molar-refractivity contribution is 5.86. The third kappa shape index (κ3) is 15.7. The predicted octanol–water partition coefficient (Wildman–Crippen LogP) is -0.372. The first-order valence-electron chi connectivity index (χ1n) is 2.75. The monoisotopic (exact) mass is 171 g/mol. The highest BCUT2D eigenvalue weighted by Gasteiger charge is 1.85. The van der Waals surface area contributed by atoms with Gasteiger partial charge in [0.1, 0.15) is 0 Å². The molecule has 0 rings (SSSR count). The van der Waals surface area contributed by atoms with E-state index in [1.165, 1.54) is 0 Å². The second kappa shape index (κ2) is 9.02. The van der Waals surface area contributed by atoms with Crippen LogP contribution in [-0.4, -0.2) is 11.8 Å². The Morgan fingerprint density at radius 2 is 1.75 bits per heavy atom. The first-order chi connectivity index (χ1) is 5.58. The maximum atomic E-state index is 9.89. The number of primary amides is 1. The summed E-state index contributed by atoms with van der Waals surface area (Å²) in [5.41, 5.74) is 6.14. The molecule has 0 aromatic rings. The van der Waals surface area contributed by atoms with Crippen molar-refractivity contribution < 1.29 is 9.59 Å². The van der Waals surface area contributed by atoms with Crippen LogP contribution in [0.3, 0.4) is 0 Å². The average molecular weight is 171 g/mol. The molecule has 6 nitrogen and oxygen atoms in total. The average Bonchev–Trinajstić information content (AvgIpc) is 2.06. The minimum atomic E-state index is -0.588. The molecule has 0 unspecified atom stereocenters. The lowest BCUT2D eigenvalue weighted by molar-refractivity contribution is -0.116. The summed E-state index contributed by atoms with van der Waals surface area (Å²) >= 11 is 0. The molecule has 3 N–H and O–H groups in total. The van der Waals surface area contributed by atoms with Crippen LogP contribution in [0.1, 0.15) is 0 Å². The van der Waals surface area contributed by atoms with Crippen LogP contribution < -0.4 is 11.2 Å². The molecule has 0 aromatic carbocycles. The summed E-state index contributed by atoms with van der Waals surface area (Å²) in [6, 6.07) is 0. The third-order valence-corrected chi connectivity index (χ3v) is 0.542. The van der Waals surface area contributed by atoms with E-state index in [1.807, 2.05) is 0 Å². The third-order valence-electron chi connectivity index (χ3n) is 0.542. The van der Waals surface area contributed by atoms with Crippen molar-refractivity contribution in [2.75, 3.05) is 0 Å². The van der Waals surface area contributed by atoms with E-state index in [2.05, 4.69) is 24.2 Å². The number of nitrogens with zero attached hydrogens (tertiary/aromatic N) is 1. The SMILES string of the molecule is C=CC(=O)NN=O.C=CC(N)=O. The number of rotatable bonds is 3. The molecule has 0 atom stereocenters. The number of nitrogens with one attached hydrogen (secondary N) is 1. The molecule has 0 aliphatic rings. The summed E-state index contributed by atoms with van der Waals surface area (Å²) in [6.07, 6.45) is 2.02. The highest BCUT2D eigenvalue weighted by Crippen LogP contribution is 1.61. The summed E-state index contributed by atoms with van der Waals surface area (Å²) in [5, 5.41) is 2.09. The highest BCUT2D eigenvalue weighted by atomic mass is 16.3. The van der Waals surface area contributed by atoms with Gasteiger partial charge in [-0.2, -0.15) is 0 Å². The summed E-state index contributed by atoms with van der Waals surface area (Å²) < 4.78 is 0. The molecule has 0 bridgehead atoms. The van der Waals surface area contributed by atoms with Crippen LogP contribution in [-0.2, 0) is 9.59 Å². The second-order valence-corrected chi connectivity index (χ2v) is 1.38. The first kappa shape index (κ1) is 12.7. The number of nitrogens with two attached hydrogens (primary N) is 1. The van der Waals surface area contributed by atoms with Crippen LogP contribution in [0.15, 0.2) is 30.6 Å². The Balaban J connectivity index is 0. The lowest BCUT2D eigenvalue weighted by Gasteiger charge is -1.79. The van der Waals surface area contributed by atoms with Crippen LogP contribution in [0.4, 0.5) is 0 Å². The van der Waals surface area contributed by atoms with Gasteiger partial charge in [-0.1, -0.05) is 13.2 Å². The minimum Gasteiger partial charge on any atom is -0.366 e. The van der Waals surface area contributed by atoms with Gasteiger partial charge >= 0.3 is 0 Å². The fourth-order valence-electron chi connectivity index (χ4n) is 0.0906. The molecule has 0 saturated heterocycles. The molecule has 0 heterocycles. The van der Waals surface area contributed by atoms with Gasteiger partial charge < -0.3 is 5.73 Å². The molecule has 0 spiro atoms. The van der Waals surface area contributed by atoms with Gasteiger partial charge in [-0.05, 0) is 12.2 Å². The Hall–Kier alpha value is -1.98. The Labute approximate surface area is 69.1 Å². The van der Waals surface area contributed by atoms with Gasteiger partial charge in [0.05, 0.1) is 5.29 Å². The predicted molar refractivity (Wildman–Crippen MR) is 43.5 cm³/mol. The maximum Gasteiger partial charge on any atom is 0.266 e. The minimum absolute atomic E-state index is 0.481. The Morgan fingerprint density at radius 3 is 1.83 bits per heavy atom. The number of carbonyl (C=O) groups is 2. The van der Waals surface area contributed by atoms with E-state index in [-0.39, 0.29) is 0 Å². The van der Waals surface area contributed by atoms with Gasteiger partial charge in [0.15, 0.2) is 0 Å². The van der Waals surface area contributed by atoms with Crippen LogP contribution in [0.25, 0.3) is 0 Å². The zero-order chi connectivity index (χ0) is 9.98. The van der Waals surface area contributed by atoms with Crippen molar-refractivity contribution in [3.05, 3.63) is 30.2 Å². The Kier molecular flexibility index (Phi) is 9.53. The van der Waals surface area contributed by atoms with Gasteiger partial charge in [-0.15, -0.1) is 4.91 Å². The number of hydrogen-bond acceptors (Lipinski definition) is 4. The van der Waals surface area contributed by atoms with Crippen molar-refractivity contribution in [2.45, 2.75) is 0 Å². The Bertz CT molecular complexity index is 200. The molecule has 0 aliphatic heterocycles. The fraction of sp³-hybridized carbons (Fsp3) is 0. The first-order valence-corrected chi connectivity index (χ1v) is 2.75. The summed E-state index contributed by atoms with van der Waals surface area (Å²) in [4.78, 5) is 28.5. The molecule has 6 heteroatoms. The standard InChI is InChI=1S/C3H4N2O2.C3H5NO/c1-2-3(6)4-5-7;1-2-3(4)5/h2H,1H2,(H,4,6,7);2H,1H2,(H2,4,5). The van der Waals surface area contributed by atoms with Crippen molar-refractivity contribution in [2.24, 2.45) is 11.0 Å². The van der Waals surface area contributed by atoms with Crippen LogP contribution in [0, 0.1) is 4.91 Å². The Morgan fingerprint density at radius 1 is 1.33 bits per heavy atom. The largest absolute Gasteiger partial charge is 0.366 e. The van der Waals surface area contributed by atoms with Crippen molar-refractivity contribution in [3.63, 3.8) is 0 Å². The van der Waals surface area contributed by atoms with Gasteiger partial charge in [0.25, 0.3) is 5.91 Å². The summed E-state index contributed by atoms with van der Waals surface area (Å²) in [7, 11) is 0. The van der Waals surface area contributed by atoms with Crippen molar-refractivity contribution >= 4 is 11.8 Å². The second-order valence-electron chi connectivity index (χ2n) is 1.38. The number of nitroso groups, excluding NO2 is 1. The zero-order valence-electron chi connectivity index (χ0n) is 6.32. The van der Waals surface area contributed by atoms with E-state index in [0.29, 0.717) is 0 Å². The smallest absolute Gasteiger partial charge is 0.266 e. The molecule has 2 amide bonds. The molecular weight excluding hydrogens is 162 g/mol. The van der Waals surface area contributed by atoms with E-state index in [0.717, 1.165) is 12.2 Å². The molecule has 0 aromatic heterocycles. The number of amides is 2. The number of carbonyl (C=O) groups excluding carboxylic acids is 2. The quantitative estimate of drug-likeness (QED) is 0.344. The van der Waals surface area contributed by atoms with Crippen LogP contribution >= 0.6 is 0 Å². The van der Waals surface area contributed by atoms with Crippen LogP contribution in [0.5, 0.6) is 0 Å². The van der Waals surface area contributed by atoms with E-state index in [4.69, 9.17) is 4.91 Å². The van der Waals surface area contributed by atoms with Gasteiger partial charge in [-0.25, -0.2) is 5.43 Å². The lowest BCUT2D eigenvalue weighted by Crippen LogP contribution is -2.11. The van der Waals surface area contributed by atoms with Crippen molar-refractivity contribution in [1.82, 2.24) is 5.43 Å². The molecule has 0 radical (unpaired) electrons. The topological polar surface area (TPSA) is 102 Å². The zero-order valence-corrected chi connectivity index (χ0v) is 6.32. The summed E-state index contributed by atoms with van der Waals surface area (Å²) in [6.45, 7) is 6.15. The summed E-state index contributed by atoms with van der Waals surface area (Å²) in [5.74, 6) is -1.07. The fourth-order valence-corrected chi connectivity index (χ4v) is 0.0906. The van der Waals surface area contributed by atoms with E-state index in [1.54, 1.807) is 5.43 Å². The number of hydrogen-bond donors (Lipinski definition) is 2. The van der Waals surface area contributed by atoms with E-state index >= 15 is 0 Å². The molecule has 0 fully saturated rings. The van der Waals surface area contributed by atoms with Gasteiger partial charge in [0, 0.05) is 0 Å². The van der Waals surface area contributed by atoms with E-state index in [9.17, 15) is 9.59 Å². The van der Waals surface area contributed by atoms with E-state index < -0.39 is 11.8 Å².